The Kier molecular flexibility index (Phi) is 3.47. The Hall–Kier alpha value is -1.56. The highest BCUT2D eigenvalue weighted by molar-refractivity contribution is 5.50. The largest absolute Gasteiger partial charge is 0.384 e. The lowest BCUT2D eigenvalue weighted by molar-refractivity contribution is 0.626. The molecule has 0 radical (unpaired) electrons. The monoisotopic (exact) mass is 192 g/mol. The molecule has 0 fully saturated rings. The molecule has 0 aliphatic heterocycles. The van der Waals surface area contributed by atoms with Crippen LogP contribution in [0.1, 0.15) is 12.5 Å². The number of hydrogen-bond acceptors (Lipinski definition) is 2. The van der Waals surface area contributed by atoms with Gasteiger partial charge in [0, 0.05) is 12.2 Å². The lowest BCUT2D eigenvalue weighted by Gasteiger charge is -2.10. The number of nitriles is 1. The van der Waals surface area contributed by atoms with Crippen molar-refractivity contribution in [2.24, 2.45) is 5.92 Å². The Bertz CT molecular complexity index is 355. The molecule has 0 aromatic heterocycles. The number of rotatable bonds is 3. The van der Waals surface area contributed by atoms with Gasteiger partial charge in [-0.15, -0.1) is 0 Å². The summed E-state index contributed by atoms with van der Waals surface area (Å²) in [5.74, 6) is -0.277. The lowest BCUT2D eigenvalue weighted by Crippen LogP contribution is -2.10. The van der Waals surface area contributed by atoms with Crippen LogP contribution in [0.4, 0.5) is 10.1 Å². The van der Waals surface area contributed by atoms with Crippen LogP contribution < -0.4 is 5.32 Å². The van der Waals surface area contributed by atoms with Crippen molar-refractivity contribution in [1.29, 1.82) is 5.26 Å². The third-order valence-electron chi connectivity index (χ3n) is 2.01. The third-order valence-corrected chi connectivity index (χ3v) is 2.01. The summed E-state index contributed by atoms with van der Waals surface area (Å²) in [6.45, 7) is 4.26. The Morgan fingerprint density at radius 1 is 1.57 bits per heavy atom. The summed E-state index contributed by atoms with van der Waals surface area (Å²) in [6, 6.07) is 6.70. The van der Waals surface area contributed by atoms with Gasteiger partial charge in [-0.2, -0.15) is 5.26 Å². The van der Waals surface area contributed by atoms with Crippen LogP contribution in [0, 0.1) is 30.0 Å². The minimum atomic E-state index is -0.235. The molecule has 0 amide bonds. The zero-order valence-electron chi connectivity index (χ0n) is 8.34. The molecule has 2 nitrogen and oxygen atoms in total. The van der Waals surface area contributed by atoms with Gasteiger partial charge in [0.05, 0.1) is 12.0 Å². The minimum Gasteiger partial charge on any atom is -0.384 e. The van der Waals surface area contributed by atoms with Crippen LogP contribution in [0.5, 0.6) is 0 Å². The Morgan fingerprint density at radius 3 is 2.86 bits per heavy atom. The van der Waals surface area contributed by atoms with E-state index in [0.717, 1.165) is 11.3 Å². The average molecular weight is 192 g/mol. The van der Waals surface area contributed by atoms with Crippen molar-refractivity contribution in [3.8, 4) is 6.07 Å². The van der Waals surface area contributed by atoms with Crippen LogP contribution in [0.2, 0.25) is 0 Å². The summed E-state index contributed by atoms with van der Waals surface area (Å²) < 4.78 is 12.7. The van der Waals surface area contributed by atoms with Crippen LogP contribution in [0.3, 0.4) is 0 Å². The molecule has 1 aromatic carbocycles. The molecule has 74 valence electrons. The molecule has 1 rings (SSSR count). The summed E-state index contributed by atoms with van der Waals surface area (Å²) in [5, 5.41) is 11.7. The van der Waals surface area contributed by atoms with Gasteiger partial charge in [-0.3, -0.25) is 0 Å². The lowest BCUT2D eigenvalue weighted by atomic mass is 10.1. The highest BCUT2D eigenvalue weighted by Crippen LogP contribution is 2.15. The van der Waals surface area contributed by atoms with E-state index < -0.39 is 0 Å². The number of aryl methyl sites for hydroxylation is 1. The first-order valence-corrected chi connectivity index (χ1v) is 4.53. The maximum Gasteiger partial charge on any atom is 0.123 e. The second kappa shape index (κ2) is 4.61. The first-order valence-electron chi connectivity index (χ1n) is 4.53. The van der Waals surface area contributed by atoms with Crippen LogP contribution in [0.15, 0.2) is 18.2 Å². The van der Waals surface area contributed by atoms with Crippen molar-refractivity contribution < 1.29 is 4.39 Å². The normalized spacial score (nSPS) is 11.9. The van der Waals surface area contributed by atoms with Crippen molar-refractivity contribution in [2.75, 3.05) is 11.9 Å². The van der Waals surface area contributed by atoms with Gasteiger partial charge in [0.1, 0.15) is 5.82 Å². The molecule has 14 heavy (non-hydrogen) atoms. The fraction of sp³-hybridized carbons (Fsp3) is 0.364. The molecule has 1 atom stereocenters. The van der Waals surface area contributed by atoms with E-state index in [2.05, 4.69) is 11.4 Å². The van der Waals surface area contributed by atoms with Crippen LogP contribution in [0.25, 0.3) is 0 Å². The van der Waals surface area contributed by atoms with E-state index >= 15 is 0 Å². The maximum absolute atomic E-state index is 12.7. The van der Waals surface area contributed by atoms with Crippen LogP contribution in [-0.2, 0) is 0 Å². The van der Waals surface area contributed by atoms with Gasteiger partial charge in [0.25, 0.3) is 0 Å². The van der Waals surface area contributed by atoms with E-state index in [1.165, 1.54) is 12.1 Å². The highest BCUT2D eigenvalue weighted by Gasteiger charge is 2.02. The Balaban J connectivity index is 2.64. The molecule has 1 unspecified atom stereocenters. The molecular weight excluding hydrogens is 179 g/mol. The zero-order valence-corrected chi connectivity index (χ0v) is 8.34. The predicted octanol–water partition coefficient (Wildman–Crippen LogP) is 2.71. The second-order valence-electron chi connectivity index (χ2n) is 3.37. The van der Waals surface area contributed by atoms with Gasteiger partial charge in [0.15, 0.2) is 0 Å². The molecule has 0 heterocycles. The quantitative estimate of drug-likeness (QED) is 0.799. The molecule has 0 aliphatic carbocycles. The van der Waals surface area contributed by atoms with Crippen LogP contribution >= 0.6 is 0 Å². The standard InChI is InChI=1S/C11H13FN2/c1-8(6-13)7-14-11-4-3-10(12)5-9(11)2/h3-5,8,14H,7H2,1-2H3. The number of nitrogens with one attached hydrogen (secondary N) is 1. The van der Waals surface area contributed by atoms with E-state index in [9.17, 15) is 4.39 Å². The predicted molar refractivity (Wildman–Crippen MR) is 54.4 cm³/mol. The smallest absolute Gasteiger partial charge is 0.123 e. The summed E-state index contributed by atoms with van der Waals surface area (Å²) in [4.78, 5) is 0. The zero-order chi connectivity index (χ0) is 10.6. The number of benzene rings is 1. The SMILES string of the molecule is Cc1cc(F)ccc1NCC(C)C#N. The van der Waals surface area contributed by atoms with Crippen molar-refractivity contribution in [1.82, 2.24) is 0 Å². The van der Waals surface area contributed by atoms with Gasteiger partial charge >= 0.3 is 0 Å². The van der Waals surface area contributed by atoms with E-state index in [1.807, 2.05) is 13.8 Å². The van der Waals surface area contributed by atoms with E-state index in [0.29, 0.717) is 6.54 Å². The molecule has 0 saturated carbocycles. The summed E-state index contributed by atoms with van der Waals surface area (Å²) in [7, 11) is 0. The van der Waals surface area contributed by atoms with Crippen molar-refractivity contribution in [2.45, 2.75) is 13.8 Å². The van der Waals surface area contributed by atoms with Gasteiger partial charge in [-0.1, -0.05) is 0 Å². The molecule has 3 heteroatoms. The number of hydrogen-bond donors (Lipinski definition) is 1. The first kappa shape index (κ1) is 10.5. The summed E-state index contributed by atoms with van der Waals surface area (Å²) >= 11 is 0. The fourth-order valence-electron chi connectivity index (χ4n) is 1.13. The molecule has 1 N–H and O–H groups in total. The topological polar surface area (TPSA) is 35.8 Å². The minimum absolute atomic E-state index is 0.0422. The maximum atomic E-state index is 12.7. The Labute approximate surface area is 83.4 Å². The molecule has 1 aromatic rings. The van der Waals surface area contributed by atoms with Crippen LogP contribution in [-0.4, -0.2) is 6.54 Å². The summed E-state index contributed by atoms with van der Waals surface area (Å²) in [5.41, 5.74) is 1.74. The number of halogens is 1. The molecular formula is C11H13FN2. The molecule has 0 spiro atoms. The molecule has 0 saturated heterocycles. The van der Waals surface area contributed by atoms with Gasteiger partial charge < -0.3 is 5.32 Å². The fourth-order valence-corrected chi connectivity index (χ4v) is 1.13. The van der Waals surface area contributed by atoms with E-state index in [4.69, 9.17) is 5.26 Å². The van der Waals surface area contributed by atoms with Gasteiger partial charge in [-0.05, 0) is 37.6 Å². The van der Waals surface area contributed by atoms with E-state index in [-0.39, 0.29) is 11.7 Å². The van der Waals surface area contributed by atoms with Crippen molar-refractivity contribution in [3.63, 3.8) is 0 Å². The van der Waals surface area contributed by atoms with Gasteiger partial charge in [0.2, 0.25) is 0 Å². The average Bonchev–Trinajstić information content (AvgIpc) is 2.16. The third kappa shape index (κ3) is 2.74. The molecule has 0 aliphatic rings. The van der Waals surface area contributed by atoms with Crippen molar-refractivity contribution >= 4 is 5.69 Å². The van der Waals surface area contributed by atoms with Gasteiger partial charge in [-0.25, -0.2) is 4.39 Å². The highest BCUT2D eigenvalue weighted by atomic mass is 19.1. The number of anilines is 1. The second-order valence-corrected chi connectivity index (χ2v) is 3.37. The van der Waals surface area contributed by atoms with E-state index in [1.54, 1.807) is 6.07 Å². The number of nitrogens with zero attached hydrogens (tertiary/aromatic N) is 1. The summed E-state index contributed by atoms with van der Waals surface area (Å²) in [6.07, 6.45) is 0. The first-order chi connectivity index (χ1) is 6.63. The van der Waals surface area contributed by atoms with Crippen molar-refractivity contribution in [3.05, 3.63) is 29.6 Å². The molecule has 0 bridgehead atoms. The Morgan fingerprint density at radius 2 is 2.29 bits per heavy atom.